The van der Waals surface area contributed by atoms with Gasteiger partial charge in [-0.15, -0.1) is 0 Å². The normalized spacial score (nSPS) is 15.1. The van der Waals surface area contributed by atoms with Crippen molar-refractivity contribution in [3.8, 4) is 0 Å². The van der Waals surface area contributed by atoms with E-state index in [1.54, 1.807) is 23.4 Å². The number of aromatic nitrogens is 2. The van der Waals surface area contributed by atoms with Crippen molar-refractivity contribution < 1.29 is 9.59 Å². The number of hydrogen-bond donors (Lipinski definition) is 2. The maximum atomic E-state index is 12.8. The molecule has 0 saturated carbocycles. The van der Waals surface area contributed by atoms with Crippen molar-refractivity contribution in [1.29, 1.82) is 0 Å². The highest BCUT2D eigenvalue weighted by atomic mass is 16.2. The molecule has 0 unspecified atom stereocenters. The van der Waals surface area contributed by atoms with Crippen LogP contribution in [0.15, 0.2) is 42.7 Å². The monoisotopic (exact) mass is 410 g/mol. The summed E-state index contributed by atoms with van der Waals surface area (Å²) in [7, 11) is 0. The van der Waals surface area contributed by atoms with E-state index in [-0.39, 0.29) is 17.9 Å². The quantitative estimate of drug-likeness (QED) is 0.764. The number of carbonyl (C=O) groups excluding carboxylic acids is 2. The number of amides is 3. The van der Waals surface area contributed by atoms with Gasteiger partial charge in [-0.3, -0.25) is 4.79 Å². The summed E-state index contributed by atoms with van der Waals surface area (Å²) in [5, 5.41) is 5.82. The summed E-state index contributed by atoms with van der Waals surface area (Å²) in [4.78, 5) is 37.9. The standard InChI is InChI=1S/C22H30N6O2/c1-4-17-6-8-18(9-7-17)25-20(29)19(16(2)3)26-22(30)28-14-12-27(13-15-28)21-23-10-5-11-24-21/h5-11,16,19H,4,12-15H2,1-3H3,(H,25,29)(H,26,30)/t19-/m0/s1. The fourth-order valence-corrected chi connectivity index (χ4v) is 3.37. The molecule has 0 aliphatic carbocycles. The molecule has 2 N–H and O–H groups in total. The molecule has 8 heteroatoms. The number of benzene rings is 1. The molecule has 0 spiro atoms. The van der Waals surface area contributed by atoms with Crippen LogP contribution in [0.5, 0.6) is 0 Å². The van der Waals surface area contributed by atoms with Crippen molar-refractivity contribution in [2.45, 2.75) is 33.2 Å². The van der Waals surface area contributed by atoms with E-state index >= 15 is 0 Å². The molecule has 1 aromatic carbocycles. The molecular formula is C22H30N6O2. The van der Waals surface area contributed by atoms with Gasteiger partial charge in [0.05, 0.1) is 0 Å². The Kier molecular flexibility index (Phi) is 7.21. The molecular weight excluding hydrogens is 380 g/mol. The number of aryl methyl sites for hydroxylation is 1. The third-order valence-electron chi connectivity index (χ3n) is 5.26. The third kappa shape index (κ3) is 5.46. The maximum Gasteiger partial charge on any atom is 0.318 e. The lowest BCUT2D eigenvalue weighted by Crippen LogP contribution is -2.56. The van der Waals surface area contributed by atoms with Crippen molar-refractivity contribution in [3.63, 3.8) is 0 Å². The van der Waals surface area contributed by atoms with E-state index in [4.69, 9.17) is 0 Å². The highest BCUT2D eigenvalue weighted by Crippen LogP contribution is 2.14. The van der Waals surface area contributed by atoms with Crippen molar-refractivity contribution in [2.24, 2.45) is 5.92 Å². The second-order valence-electron chi connectivity index (χ2n) is 7.73. The van der Waals surface area contributed by atoms with E-state index in [1.165, 1.54) is 5.56 Å². The molecule has 1 saturated heterocycles. The minimum atomic E-state index is -0.612. The minimum absolute atomic E-state index is 0.0390. The van der Waals surface area contributed by atoms with Crippen LogP contribution in [0.4, 0.5) is 16.4 Å². The van der Waals surface area contributed by atoms with Crippen molar-refractivity contribution in [2.75, 3.05) is 36.4 Å². The number of hydrogen-bond acceptors (Lipinski definition) is 5. The summed E-state index contributed by atoms with van der Waals surface area (Å²) in [5.41, 5.74) is 1.94. The van der Waals surface area contributed by atoms with Crippen LogP contribution in [0.25, 0.3) is 0 Å². The molecule has 0 bridgehead atoms. The van der Waals surface area contributed by atoms with Gasteiger partial charge in [0.1, 0.15) is 6.04 Å². The third-order valence-corrected chi connectivity index (χ3v) is 5.26. The Hall–Kier alpha value is -3.16. The summed E-state index contributed by atoms with van der Waals surface area (Å²) >= 11 is 0. The molecule has 3 amide bonds. The Labute approximate surface area is 177 Å². The Morgan fingerprint density at radius 1 is 1.03 bits per heavy atom. The number of carbonyl (C=O) groups is 2. The summed E-state index contributed by atoms with van der Waals surface area (Å²) in [6.45, 7) is 8.35. The fourth-order valence-electron chi connectivity index (χ4n) is 3.37. The minimum Gasteiger partial charge on any atom is -0.337 e. The average Bonchev–Trinajstić information content (AvgIpc) is 2.78. The van der Waals surface area contributed by atoms with E-state index in [9.17, 15) is 9.59 Å². The summed E-state index contributed by atoms with van der Waals surface area (Å²) in [6.07, 6.45) is 4.37. The van der Waals surface area contributed by atoms with Crippen LogP contribution in [0.3, 0.4) is 0 Å². The first-order valence-electron chi connectivity index (χ1n) is 10.4. The molecule has 2 aromatic rings. The van der Waals surface area contributed by atoms with E-state index in [0.717, 1.165) is 12.1 Å². The Morgan fingerprint density at radius 2 is 1.67 bits per heavy atom. The second-order valence-corrected chi connectivity index (χ2v) is 7.73. The molecule has 160 valence electrons. The lowest BCUT2D eigenvalue weighted by atomic mass is 10.0. The smallest absolute Gasteiger partial charge is 0.318 e. The largest absolute Gasteiger partial charge is 0.337 e. The Bertz CT molecular complexity index is 832. The Balaban J connectivity index is 1.55. The van der Waals surface area contributed by atoms with E-state index in [2.05, 4.69) is 32.4 Å². The molecule has 0 radical (unpaired) electrons. The number of rotatable bonds is 6. The van der Waals surface area contributed by atoms with Crippen molar-refractivity contribution >= 4 is 23.6 Å². The van der Waals surface area contributed by atoms with Crippen molar-refractivity contribution in [1.82, 2.24) is 20.2 Å². The molecule has 1 fully saturated rings. The predicted molar refractivity (Wildman–Crippen MR) is 117 cm³/mol. The molecule has 2 heterocycles. The van der Waals surface area contributed by atoms with Gasteiger partial charge in [-0.05, 0) is 36.1 Å². The van der Waals surface area contributed by atoms with Crippen LogP contribution in [0, 0.1) is 5.92 Å². The highest BCUT2D eigenvalue weighted by Gasteiger charge is 2.28. The molecule has 1 aliphatic rings. The molecule has 1 aliphatic heterocycles. The maximum absolute atomic E-state index is 12.8. The van der Waals surface area contributed by atoms with Crippen LogP contribution in [0.1, 0.15) is 26.3 Å². The zero-order chi connectivity index (χ0) is 21.5. The predicted octanol–water partition coefficient (Wildman–Crippen LogP) is 2.53. The Morgan fingerprint density at radius 3 is 2.23 bits per heavy atom. The van der Waals surface area contributed by atoms with Crippen LogP contribution >= 0.6 is 0 Å². The molecule has 8 nitrogen and oxygen atoms in total. The van der Waals surface area contributed by atoms with Gasteiger partial charge in [0.2, 0.25) is 11.9 Å². The van der Waals surface area contributed by atoms with Gasteiger partial charge >= 0.3 is 6.03 Å². The zero-order valence-electron chi connectivity index (χ0n) is 17.8. The number of piperazine rings is 1. The van der Waals surface area contributed by atoms with Gasteiger partial charge in [-0.2, -0.15) is 0 Å². The van der Waals surface area contributed by atoms with Gasteiger partial charge in [0, 0.05) is 44.3 Å². The number of anilines is 2. The van der Waals surface area contributed by atoms with E-state index in [1.807, 2.05) is 38.1 Å². The second kappa shape index (κ2) is 10.0. The zero-order valence-corrected chi connectivity index (χ0v) is 17.8. The summed E-state index contributed by atoms with van der Waals surface area (Å²) in [5.74, 6) is 0.424. The SMILES string of the molecule is CCc1ccc(NC(=O)[C@@H](NC(=O)N2CCN(c3ncccn3)CC2)C(C)C)cc1. The fraction of sp³-hybridized carbons (Fsp3) is 0.455. The molecule has 30 heavy (non-hydrogen) atoms. The summed E-state index contributed by atoms with van der Waals surface area (Å²) < 4.78 is 0. The number of urea groups is 1. The first kappa shape index (κ1) is 21.5. The topological polar surface area (TPSA) is 90.5 Å². The first-order valence-corrected chi connectivity index (χ1v) is 10.4. The lowest BCUT2D eigenvalue weighted by molar-refractivity contribution is -0.118. The highest BCUT2D eigenvalue weighted by molar-refractivity contribution is 5.97. The van der Waals surface area contributed by atoms with E-state index in [0.29, 0.717) is 32.1 Å². The van der Waals surface area contributed by atoms with Crippen LogP contribution < -0.4 is 15.5 Å². The van der Waals surface area contributed by atoms with E-state index < -0.39 is 6.04 Å². The van der Waals surface area contributed by atoms with Gasteiger partial charge in [-0.1, -0.05) is 32.9 Å². The molecule has 1 atom stereocenters. The molecule has 1 aromatic heterocycles. The van der Waals surface area contributed by atoms with Crippen LogP contribution in [0.2, 0.25) is 0 Å². The van der Waals surface area contributed by atoms with Gasteiger partial charge in [0.25, 0.3) is 0 Å². The van der Waals surface area contributed by atoms with Crippen LogP contribution in [-0.2, 0) is 11.2 Å². The van der Waals surface area contributed by atoms with Gasteiger partial charge in [-0.25, -0.2) is 14.8 Å². The summed E-state index contributed by atoms with van der Waals surface area (Å²) in [6, 6.07) is 8.71. The van der Waals surface area contributed by atoms with Gasteiger partial charge in [0.15, 0.2) is 0 Å². The van der Waals surface area contributed by atoms with Crippen LogP contribution in [-0.4, -0.2) is 59.0 Å². The molecule has 3 rings (SSSR count). The van der Waals surface area contributed by atoms with Crippen molar-refractivity contribution in [3.05, 3.63) is 48.3 Å². The number of nitrogens with one attached hydrogen (secondary N) is 2. The lowest BCUT2D eigenvalue weighted by Gasteiger charge is -2.35. The average molecular weight is 411 g/mol. The number of nitrogens with zero attached hydrogens (tertiary/aromatic N) is 4. The van der Waals surface area contributed by atoms with Gasteiger partial charge < -0.3 is 20.4 Å². The first-order chi connectivity index (χ1) is 14.5.